The van der Waals surface area contributed by atoms with Gasteiger partial charge < -0.3 is 14.2 Å². The highest BCUT2D eigenvalue weighted by Gasteiger charge is 2.19. The second kappa shape index (κ2) is 48.5. The van der Waals surface area contributed by atoms with Crippen LogP contribution < -0.4 is 0 Å². The van der Waals surface area contributed by atoms with Crippen LogP contribution in [0.1, 0.15) is 233 Å². The van der Waals surface area contributed by atoms with Crippen molar-refractivity contribution in [3.63, 3.8) is 0 Å². The van der Waals surface area contributed by atoms with Crippen LogP contribution in [-0.2, 0) is 28.6 Å². The van der Waals surface area contributed by atoms with Crippen LogP contribution in [-0.4, -0.2) is 37.2 Å². The zero-order chi connectivity index (χ0) is 43.7. The van der Waals surface area contributed by atoms with Gasteiger partial charge in [-0.25, -0.2) is 0 Å². The molecule has 0 aliphatic heterocycles. The fourth-order valence-corrected chi connectivity index (χ4v) is 6.76. The van der Waals surface area contributed by atoms with E-state index in [9.17, 15) is 14.4 Å². The van der Waals surface area contributed by atoms with Gasteiger partial charge in [0.15, 0.2) is 6.10 Å². The van der Waals surface area contributed by atoms with E-state index >= 15 is 0 Å². The number of unbranched alkanes of at least 4 members (excludes halogenated alkanes) is 21. The van der Waals surface area contributed by atoms with Gasteiger partial charge in [0.2, 0.25) is 0 Å². The molecular formula is C54H92O6. The van der Waals surface area contributed by atoms with E-state index in [1.165, 1.54) is 83.5 Å². The van der Waals surface area contributed by atoms with Gasteiger partial charge in [0.1, 0.15) is 13.2 Å². The largest absolute Gasteiger partial charge is 0.462 e. The molecule has 0 aliphatic rings. The van der Waals surface area contributed by atoms with E-state index < -0.39 is 6.10 Å². The lowest BCUT2D eigenvalue weighted by molar-refractivity contribution is -0.167. The van der Waals surface area contributed by atoms with Crippen molar-refractivity contribution >= 4 is 17.9 Å². The molecule has 0 fully saturated rings. The second-order valence-electron chi connectivity index (χ2n) is 16.3. The van der Waals surface area contributed by atoms with Crippen LogP contribution >= 0.6 is 0 Å². The first kappa shape index (κ1) is 56.9. The van der Waals surface area contributed by atoms with E-state index in [1.54, 1.807) is 0 Å². The Labute approximate surface area is 370 Å². The maximum Gasteiger partial charge on any atom is 0.306 e. The summed E-state index contributed by atoms with van der Waals surface area (Å²) in [4.78, 5) is 37.9. The Bertz CT molecular complexity index is 1140. The van der Waals surface area contributed by atoms with Crippen molar-refractivity contribution in [1.82, 2.24) is 0 Å². The van der Waals surface area contributed by atoms with Gasteiger partial charge in [-0.2, -0.15) is 0 Å². The lowest BCUT2D eigenvalue weighted by atomic mass is 10.0. The van der Waals surface area contributed by atoms with Crippen molar-refractivity contribution < 1.29 is 28.6 Å². The summed E-state index contributed by atoms with van der Waals surface area (Å²) in [5.41, 5.74) is 0. The summed E-state index contributed by atoms with van der Waals surface area (Å²) in [5, 5.41) is 0. The van der Waals surface area contributed by atoms with Gasteiger partial charge in [0.25, 0.3) is 0 Å². The molecule has 0 aromatic rings. The molecule has 0 aromatic heterocycles. The van der Waals surface area contributed by atoms with Gasteiger partial charge in [-0.1, -0.05) is 203 Å². The van der Waals surface area contributed by atoms with E-state index in [2.05, 4.69) is 93.7 Å². The van der Waals surface area contributed by atoms with Crippen molar-refractivity contribution in [2.45, 2.75) is 239 Å². The number of ether oxygens (including phenoxy) is 3. The standard InChI is InChI=1S/C54H92O6/c1-4-7-10-13-16-19-22-25-27-28-30-32-35-38-41-44-47-53(56)59-50-51(49-58-52(55)46-43-40-37-34-31-24-21-18-15-12-9-6-3)60-54(57)48-45-42-39-36-33-29-26-23-20-17-14-11-8-5-2/h7-8,10-11,16-17,19-20,25,27,30,32,51H,4-6,9,12-15,18,21-24,26,28-29,31,33-50H2,1-3H3/b10-7-,11-8-,19-16-,20-17-,27-25-,32-30-. The average molecular weight is 837 g/mol. The topological polar surface area (TPSA) is 78.9 Å². The van der Waals surface area contributed by atoms with Crippen LogP contribution in [0.2, 0.25) is 0 Å². The monoisotopic (exact) mass is 837 g/mol. The third-order valence-corrected chi connectivity index (χ3v) is 10.5. The summed E-state index contributed by atoms with van der Waals surface area (Å²) in [7, 11) is 0. The summed E-state index contributed by atoms with van der Waals surface area (Å²) in [6.45, 7) is 6.38. The molecule has 6 heteroatoms. The Hall–Kier alpha value is -3.15. The Balaban J connectivity index is 4.44. The normalized spacial score (nSPS) is 12.7. The molecule has 1 unspecified atom stereocenters. The molecule has 0 aliphatic carbocycles. The molecule has 60 heavy (non-hydrogen) atoms. The molecule has 0 bridgehead atoms. The maximum atomic E-state index is 12.8. The Morgan fingerprint density at radius 1 is 0.350 bits per heavy atom. The van der Waals surface area contributed by atoms with Gasteiger partial charge >= 0.3 is 17.9 Å². The minimum Gasteiger partial charge on any atom is -0.462 e. The van der Waals surface area contributed by atoms with Gasteiger partial charge in [0.05, 0.1) is 0 Å². The van der Waals surface area contributed by atoms with Crippen LogP contribution in [0.3, 0.4) is 0 Å². The maximum absolute atomic E-state index is 12.8. The lowest BCUT2D eigenvalue weighted by Crippen LogP contribution is -2.30. The fraction of sp³-hybridized carbons (Fsp3) is 0.722. The van der Waals surface area contributed by atoms with Gasteiger partial charge in [-0.3, -0.25) is 14.4 Å². The highest BCUT2D eigenvalue weighted by atomic mass is 16.6. The molecule has 344 valence electrons. The minimum absolute atomic E-state index is 0.0877. The number of rotatable bonds is 44. The van der Waals surface area contributed by atoms with E-state index in [0.29, 0.717) is 19.3 Å². The SMILES string of the molecule is CC/C=C\C/C=C\C/C=C\C/C=C\CCCCCC(=O)OCC(COC(=O)CCCCCCCCCCCCCC)OC(=O)CCCCCCCCC/C=C\C/C=C\CC. The molecule has 0 rings (SSSR count). The number of carbonyl (C=O) groups is 3. The fourth-order valence-electron chi connectivity index (χ4n) is 6.76. The summed E-state index contributed by atoms with van der Waals surface area (Å²) in [6.07, 6.45) is 60.2. The molecule has 0 saturated heterocycles. The first-order valence-corrected chi connectivity index (χ1v) is 24.9. The van der Waals surface area contributed by atoms with Crippen LogP contribution in [0.5, 0.6) is 0 Å². The van der Waals surface area contributed by atoms with Crippen LogP contribution in [0, 0.1) is 0 Å². The molecule has 1 atom stereocenters. The zero-order valence-corrected chi connectivity index (χ0v) is 39.2. The summed E-state index contributed by atoms with van der Waals surface area (Å²) in [6, 6.07) is 0. The van der Waals surface area contributed by atoms with Crippen LogP contribution in [0.4, 0.5) is 0 Å². The zero-order valence-electron chi connectivity index (χ0n) is 39.2. The lowest BCUT2D eigenvalue weighted by Gasteiger charge is -2.18. The summed E-state index contributed by atoms with van der Waals surface area (Å²) < 4.78 is 16.7. The minimum atomic E-state index is -0.790. The van der Waals surface area contributed by atoms with Crippen molar-refractivity contribution in [2.75, 3.05) is 13.2 Å². The third kappa shape index (κ3) is 45.9. The number of carbonyl (C=O) groups excluding carboxylic acids is 3. The molecule has 6 nitrogen and oxygen atoms in total. The highest BCUT2D eigenvalue weighted by Crippen LogP contribution is 2.14. The molecule has 0 spiro atoms. The van der Waals surface area contributed by atoms with Gasteiger partial charge in [0, 0.05) is 19.3 Å². The number of allylic oxidation sites excluding steroid dienone is 12. The molecule has 0 aromatic carbocycles. The highest BCUT2D eigenvalue weighted by molar-refractivity contribution is 5.71. The predicted molar refractivity (Wildman–Crippen MR) is 256 cm³/mol. The van der Waals surface area contributed by atoms with Crippen molar-refractivity contribution in [2.24, 2.45) is 0 Å². The first-order valence-electron chi connectivity index (χ1n) is 24.9. The molecule has 0 N–H and O–H groups in total. The Morgan fingerprint density at radius 3 is 1.03 bits per heavy atom. The third-order valence-electron chi connectivity index (χ3n) is 10.5. The summed E-state index contributed by atoms with van der Waals surface area (Å²) >= 11 is 0. The van der Waals surface area contributed by atoms with Gasteiger partial charge in [-0.05, 0) is 83.5 Å². The van der Waals surface area contributed by atoms with E-state index in [0.717, 1.165) is 109 Å². The number of hydrogen-bond donors (Lipinski definition) is 0. The molecule has 0 saturated carbocycles. The Kier molecular flexibility index (Phi) is 46.0. The number of hydrogen-bond acceptors (Lipinski definition) is 6. The van der Waals surface area contributed by atoms with E-state index in [4.69, 9.17) is 14.2 Å². The Morgan fingerprint density at radius 2 is 0.650 bits per heavy atom. The quantitative estimate of drug-likeness (QED) is 0.0263. The predicted octanol–water partition coefficient (Wildman–Crippen LogP) is 16.3. The average Bonchev–Trinajstić information content (AvgIpc) is 3.24. The van der Waals surface area contributed by atoms with Crippen LogP contribution in [0.15, 0.2) is 72.9 Å². The van der Waals surface area contributed by atoms with Crippen LogP contribution in [0.25, 0.3) is 0 Å². The van der Waals surface area contributed by atoms with Crippen molar-refractivity contribution in [1.29, 1.82) is 0 Å². The smallest absolute Gasteiger partial charge is 0.306 e. The second-order valence-corrected chi connectivity index (χ2v) is 16.3. The van der Waals surface area contributed by atoms with Crippen molar-refractivity contribution in [3.8, 4) is 0 Å². The van der Waals surface area contributed by atoms with E-state index in [1.807, 2.05) is 0 Å². The molecule has 0 amide bonds. The molecule has 0 heterocycles. The van der Waals surface area contributed by atoms with Crippen molar-refractivity contribution in [3.05, 3.63) is 72.9 Å². The van der Waals surface area contributed by atoms with E-state index in [-0.39, 0.29) is 31.1 Å². The first-order chi connectivity index (χ1) is 29.5. The summed E-state index contributed by atoms with van der Waals surface area (Å²) in [5.74, 6) is -0.928. The molecular weight excluding hydrogens is 745 g/mol. The molecule has 0 radical (unpaired) electrons. The van der Waals surface area contributed by atoms with Gasteiger partial charge in [-0.15, -0.1) is 0 Å². The number of esters is 3.